The molecule has 1 atom stereocenters. The molecule has 0 aliphatic rings. The quantitative estimate of drug-likeness (QED) is 0.879. The minimum atomic E-state index is -0.249. The molecule has 0 saturated heterocycles. The van der Waals surface area contributed by atoms with Crippen molar-refractivity contribution in [2.75, 3.05) is 6.54 Å². The highest BCUT2D eigenvalue weighted by molar-refractivity contribution is 6.31. The lowest BCUT2D eigenvalue weighted by Crippen LogP contribution is -2.33. The molecule has 20 heavy (non-hydrogen) atoms. The van der Waals surface area contributed by atoms with E-state index in [9.17, 15) is 4.39 Å². The minimum Gasteiger partial charge on any atom is -0.314 e. The van der Waals surface area contributed by atoms with Crippen molar-refractivity contribution in [1.29, 1.82) is 0 Å². The SMILES string of the molecule is CCNC(Cc1ccccn1)Cc1c(F)cccc1Cl. The third-order valence-electron chi connectivity index (χ3n) is 3.19. The Balaban J connectivity index is 2.13. The first-order valence-electron chi connectivity index (χ1n) is 6.77. The van der Waals surface area contributed by atoms with Crippen molar-refractivity contribution in [3.8, 4) is 0 Å². The maximum absolute atomic E-state index is 13.9. The fraction of sp³-hybridized carbons (Fsp3) is 0.312. The molecule has 4 heteroatoms. The van der Waals surface area contributed by atoms with Gasteiger partial charge in [-0.15, -0.1) is 0 Å². The van der Waals surface area contributed by atoms with Crippen LogP contribution in [0, 0.1) is 5.82 Å². The zero-order chi connectivity index (χ0) is 14.4. The molecule has 1 heterocycles. The first kappa shape index (κ1) is 14.9. The molecule has 2 aromatic rings. The van der Waals surface area contributed by atoms with Crippen molar-refractivity contribution >= 4 is 11.6 Å². The molecule has 0 amide bonds. The van der Waals surface area contributed by atoms with Gasteiger partial charge in [-0.3, -0.25) is 4.98 Å². The molecule has 0 spiro atoms. The smallest absolute Gasteiger partial charge is 0.127 e. The number of halogens is 2. The van der Waals surface area contributed by atoms with Crippen molar-refractivity contribution in [2.45, 2.75) is 25.8 Å². The molecular formula is C16H18ClFN2. The molecule has 1 N–H and O–H groups in total. The monoisotopic (exact) mass is 292 g/mol. The lowest BCUT2D eigenvalue weighted by atomic mass is 10.0. The van der Waals surface area contributed by atoms with Crippen LogP contribution in [0.25, 0.3) is 0 Å². The second kappa shape index (κ2) is 7.36. The summed E-state index contributed by atoms with van der Waals surface area (Å²) < 4.78 is 13.9. The second-order valence-electron chi connectivity index (χ2n) is 4.68. The minimum absolute atomic E-state index is 0.115. The summed E-state index contributed by atoms with van der Waals surface area (Å²) in [6, 6.07) is 10.7. The van der Waals surface area contributed by atoms with Crippen LogP contribution in [0.5, 0.6) is 0 Å². The van der Waals surface area contributed by atoms with E-state index in [1.165, 1.54) is 6.07 Å². The number of rotatable bonds is 6. The van der Waals surface area contributed by atoms with Gasteiger partial charge in [0.2, 0.25) is 0 Å². The van der Waals surface area contributed by atoms with E-state index in [4.69, 9.17) is 11.6 Å². The van der Waals surface area contributed by atoms with Gasteiger partial charge in [0.05, 0.1) is 0 Å². The Kier molecular flexibility index (Phi) is 5.50. The molecule has 0 radical (unpaired) electrons. The van der Waals surface area contributed by atoms with E-state index in [0.29, 0.717) is 17.0 Å². The summed E-state index contributed by atoms with van der Waals surface area (Å²) in [5.41, 5.74) is 1.56. The number of benzene rings is 1. The van der Waals surface area contributed by atoms with Gasteiger partial charge in [-0.05, 0) is 37.2 Å². The molecule has 2 nitrogen and oxygen atoms in total. The average molecular weight is 293 g/mol. The van der Waals surface area contributed by atoms with Crippen LogP contribution < -0.4 is 5.32 Å². The number of hydrogen-bond donors (Lipinski definition) is 1. The predicted octanol–water partition coefficient (Wildman–Crippen LogP) is 3.64. The molecule has 106 valence electrons. The van der Waals surface area contributed by atoms with Gasteiger partial charge in [0, 0.05) is 34.9 Å². The van der Waals surface area contributed by atoms with E-state index >= 15 is 0 Å². The molecule has 0 aliphatic carbocycles. The summed E-state index contributed by atoms with van der Waals surface area (Å²) in [7, 11) is 0. The van der Waals surface area contributed by atoms with Crippen molar-refractivity contribution < 1.29 is 4.39 Å². The third kappa shape index (κ3) is 4.02. The standard InChI is InChI=1S/C16H18ClFN2/c1-2-19-13(10-12-6-3-4-9-20-12)11-14-15(17)7-5-8-16(14)18/h3-9,13,19H,2,10-11H2,1H3. The summed E-state index contributed by atoms with van der Waals surface area (Å²) in [5, 5.41) is 3.85. The summed E-state index contributed by atoms with van der Waals surface area (Å²) >= 11 is 6.09. The average Bonchev–Trinajstić information content (AvgIpc) is 2.44. The first-order chi connectivity index (χ1) is 9.70. The maximum Gasteiger partial charge on any atom is 0.127 e. The van der Waals surface area contributed by atoms with E-state index < -0.39 is 0 Å². The Morgan fingerprint density at radius 3 is 2.70 bits per heavy atom. The van der Waals surface area contributed by atoms with Crippen LogP contribution in [0.2, 0.25) is 5.02 Å². The largest absolute Gasteiger partial charge is 0.314 e. The topological polar surface area (TPSA) is 24.9 Å². The highest BCUT2D eigenvalue weighted by Gasteiger charge is 2.15. The van der Waals surface area contributed by atoms with E-state index in [1.807, 2.05) is 25.1 Å². The van der Waals surface area contributed by atoms with Crippen LogP contribution in [-0.2, 0) is 12.8 Å². The van der Waals surface area contributed by atoms with Crippen LogP contribution >= 0.6 is 11.6 Å². The molecular weight excluding hydrogens is 275 g/mol. The van der Waals surface area contributed by atoms with Crippen LogP contribution in [0.3, 0.4) is 0 Å². The molecule has 1 aromatic heterocycles. The van der Waals surface area contributed by atoms with Gasteiger partial charge in [-0.25, -0.2) is 4.39 Å². The first-order valence-corrected chi connectivity index (χ1v) is 7.14. The Labute approximate surface area is 124 Å². The molecule has 1 unspecified atom stereocenters. The Morgan fingerprint density at radius 1 is 1.20 bits per heavy atom. The number of hydrogen-bond acceptors (Lipinski definition) is 2. The van der Waals surface area contributed by atoms with Gasteiger partial charge in [-0.1, -0.05) is 30.7 Å². The van der Waals surface area contributed by atoms with Crippen LogP contribution in [0.1, 0.15) is 18.2 Å². The highest BCUT2D eigenvalue weighted by atomic mass is 35.5. The Bertz CT molecular complexity index is 525. The molecule has 0 bridgehead atoms. The van der Waals surface area contributed by atoms with Crippen LogP contribution in [-0.4, -0.2) is 17.6 Å². The van der Waals surface area contributed by atoms with Gasteiger partial charge in [0.15, 0.2) is 0 Å². The lowest BCUT2D eigenvalue weighted by molar-refractivity contribution is 0.502. The van der Waals surface area contributed by atoms with E-state index in [0.717, 1.165) is 18.7 Å². The molecule has 0 fully saturated rings. The fourth-order valence-electron chi connectivity index (χ4n) is 2.25. The summed E-state index contributed by atoms with van der Waals surface area (Å²) in [6.07, 6.45) is 3.07. The lowest BCUT2D eigenvalue weighted by Gasteiger charge is -2.18. The number of nitrogens with zero attached hydrogens (tertiary/aromatic N) is 1. The van der Waals surface area contributed by atoms with Crippen molar-refractivity contribution in [3.05, 3.63) is 64.7 Å². The summed E-state index contributed by atoms with van der Waals surface area (Å²) in [6.45, 7) is 2.86. The highest BCUT2D eigenvalue weighted by Crippen LogP contribution is 2.21. The second-order valence-corrected chi connectivity index (χ2v) is 5.09. The molecule has 1 aromatic carbocycles. The van der Waals surface area contributed by atoms with Gasteiger partial charge in [0.25, 0.3) is 0 Å². The normalized spacial score (nSPS) is 12.3. The van der Waals surface area contributed by atoms with Gasteiger partial charge in [0.1, 0.15) is 5.82 Å². The third-order valence-corrected chi connectivity index (χ3v) is 3.54. The Hall–Kier alpha value is -1.45. The van der Waals surface area contributed by atoms with Crippen molar-refractivity contribution in [1.82, 2.24) is 10.3 Å². The van der Waals surface area contributed by atoms with Gasteiger partial charge < -0.3 is 5.32 Å². The summed E-state index contributed by atoms with van der Waals surface area (Å²) in [4.78, 5) is 4.32. The van der Waals surface area contributed by atoms with Crippen molar-refractivity contribution in [3.63, 3.8) is 0 Å². The molecule has 0 aliphatic heterocycles. The van der Waals surface area contributed by atoms with E-state index in [1.54, 1.807) is 18.3 Å². The van der Waals surface area contributed by atoms with E-state index in [-0.39, 0.29) is 11.9 Å². The zero-order valence-electron chi connectivity index (χ0n) is 11.4. The zero-order valence-corrected chi connectivity index (χ0v) is 12.2. The summed E-state index contributed by atoms with van der Waals surface area (Å²) in [5.74, 6) is -0.249. The van der Waals surface area contributed by atoms with Crippen LogP contribution in [0.15, 0.2) is 42.6 Å². The fourth-order valence-corrected chi connectivity index (χ4v) is 2.49. The maximum atomic E-state index is 13.9. The molecule has 0 saturated carbocycles. The van der Waals surface area contributed by atoms with E-state index in [2.05, 4.69) is 10.3 Å². The Morgan fingerprint density at radius 2 is 2.05 bits per heavy atom. The molecule has 2 rings (SSSR count). The number of likely N-dealkylation sites (N-methyl/N-ethyl adjacent to an activating group) is 1. The number of pyridine rings is 1. The van der Waals surface area contributed by atoms with Gasteiger partial charge in [-0.2, -0.15) is 0 Å². The number of nitrogens with one attached hydrogen (secondary N) is 1. The predicted molar refractivity (Wildman–Crippen MR) is 80.5 cm³/mol. The van der Waals surface area contributed by atoms with Crippen molar-refractivity contribution in [2.24, 2.45) is 0 Å². The van der Waals surface area contributed by atoms with Crippen LogP contribution in [0.4, 0.5) is 4.39 Å². The number of aromatic nitrogens is 1. The van der Waals surface area contributed by atoms with Gasteiger partial charge >= 0.3 is 0 Å².